The molecule has 0 aliphatic rings. The van der Waals surface area contributed by atoms with Gasteiger partial charge in [0.1, 0.15) is 5.82 Å². The summed E-state index contributed by atoms with van der Waals surface area (Å²) < 4.78 is 0. The Hall–Kier alpha value is -0.700. The highest BCUT2D eigenvalue weighted by Gasteiger charge is 2.05. The Morgan fingerprint density at radius 3 is 2.60 bits per heavy atom. The van der Waals surface area contributed by atoms with Crippen LogP contribution in [-0.2, 0) is 5.88 Å². The molecule has 15 heavy (non-hydrogen) atoms. The maximum Gasteiger partial charge on any atom is 0.137 e. The average molecular weight is 262 g/mol. The minimum Gasteiger partial charge on any atom is -0.341 e. The van der Waals surface area contributed by atoms with Gasteiger partial charge >= 0.3 is 0 Å². The fourth-order valence-electron chi connectivity index (χ4n) is 1.22. The zero-order valence-corrected chi connectivity index (χ0v) is 9.87. The summed E-state index contributed by atoms with van der Waals surface area (Å²) in [6.45, 7) is 0. The van der Waals surface area contributed by atoms with Gasteiger partial charge in [0.15, 0.2) is 0 Å². The van der Waals surface area contributed by atoms with Gasteiger partial charge in [0, 0.05) is 17.5 Å². The van der Waals surface area contributed by atoms with Crippen molar-refractivity contribution in [2.45, 2.75) is 5.88 Å². The number of alkyl halides is 1. The molecule has 0 aliphatic carbocycles. The molecule has 1 aromatic heterocycles. The molecule has 2 rings (SSSR count). The van der Waals surface area contributed by atoms with Crippen LogP contribution in [-0.4, -0.2) is 9.97 Å². The van der Waals surface area contributed by atoms with Gasteiger partial charge in [-0.3, -0.25) is 0 Å². The topological polar surface area (TPSA) is 28.7 Å². The molecule has 0 saturated heterocycles. The maximum absolute atomic E-state index is 5.90. The predicted octanol–water partition coefficient (Wildman–Crippen LogP) is 4.12. The molecular formula is C10H7Cl3N2. The summed E-state index contributed by atoms with van der Waals surface area (Å²) in [5, 5.41) is 1.04. The van der Waals surface area contributed by atoms with E-state index in [4.69, 9.17) is 34.8 Å². The number of nitrogens with zero attached hydrogens (tertiary/aromatic N) is 1. The van der Waals surface area contributed by atoms with Crippen LogP contribution in [0.15, 0.2) is 24.4 Å². The highest BCUT2D eigenvalue weighted by atomic mass is 35.5. The van der Waals surface area contributed by atoms with Crippen molar-refractivity contribution < 1.29 is 0 Å². The number of hydrogen-bond acceptors (Lipinski definition) is 1. The molecule has 0 aliphatic heterocycles. The molecule has 2 aromatic rings. The van der Waals surface area contributed by atoms with Crippen LogP contribution in [0, 0.1) is 0 Å². The normalized spacial score (nSPS) is 10.6. The second kappa shape index (κ2) is 4.44. The summed E-state index contributed by atoms with van der Waals surface area (Å²) >= 11 is 17.4. The molecule has 0 saturated carbocycles. The molecule has 5 heteroatoms. The smallest absolute Gasteiger partial charge is 0.137 e. The van der Waals surface area contributed by atoms with Crippen LogP contribution < -0.4 is 0 Å². The molecule has 0 fully saturated rings. The van der Waals surface area contributed by atoms with Crippen molar-refractivity contribution in [3.63, 3.8) is 0 Å². The summed E-state index contributed by atoms with van der Waals surface area (Å²) in [5.74, 6) is 1.15. The van der Waals surface area contributed by atoms with E-state index in [2.05, 4.69) is 9.97 Å². The zero-order chi connectivity index (χ0) is 10.8. The van der Waals surface area contributed by atoms with Gasteiger partial charge in [0.2, 0.25) is 0 Å². The molecule has 78 valence electrons. The van der Waals surface area contributed by atoms with Crippen LogP contribution in [0.1, 0.15) is 5.69 Å². The van der Waals surface area contributed by atoms with Gasteiger partial charge in [-0.2, -0.15) is 0 Å². The first-order chi connectivity index (χ1) is 7.20. The van der Waals surface area contributed by atoms with Gasteiger partial charge in [0.25, 0.3) is 0 Å². The Morgan fingerprint density at radius 1 is 1.20 bits per heavy atom. The lowest BCUT2D eigenvalue weighted by Gasteiger charge is -1.99. The Labute approximate surface area is 102 Å². The molecule has 0 spiro atoms. The van der Waals surface area contributed by atoms with Crippen molar-refractivity contribution in [3.05, 3.63) is 40.1 Å². The first-order valence-electron chi connectivity index (χ1n) is 4.26. The first-order valence-corrected chi connectivity index (χ1v) is 5.55. The average Bonchev–Trinajstić information content (AvgIpc) is 2.70. The zero-order valence-electron chi connectivity index (χ0n) is 7.60. The second-order valence-corrected chi connectivity index (χ2v) is 4.10. The number of aromatic nitrogens is 2. The van der Waals surface area contributed by atoms with E-state index < -0.39 is 0 Å². The van der Waals surface area contributed by atoms with Gasteiger partial charge in [-0.25, -0.2) is 4.98 Å². The van der Waals surface area contributed by atoms with Crippen molar-refractivity contribution in [3.8, 4) is 11.4 Å². The minimum atomic E-state index is 0.411. The fourth-order valence-corrected chi connectivity index (χ4v) is 1.65. The van der Waals surface area contributed by atoms with Crippen molar-refractivity contribution in [1.29, 1.82) is 0 Å². The Bertz CT molecular complexity index is 479. The quantitative estimate of drug-likeness (QED) is 0.809. The fraction of sp³-hybridized carbons (Fsp3) is 0.100. The number of nitrogens with one attached hydrogen (secondary N) is 1. The Kier molecular flexibility index (Phi) is 3.19. The van der Waals surface area contributed by atoms with Crippen LogP contribution in [0.3, 0.4) is 0 Å². The van der Waals surface area contributed by atoms with Gasteiger partial charge in [-0.15, -0.1) is 11.6 Å². The number of imidazole rings is 1. The van der Waals surface area contributed by atoms with E-state index in [1.807, 2.05) is 6.07 Å². The van der Waals surface area contributed by atoms with Crippen molar-refractivity contribution in [2.75, 3.05) is 0 Å². The van der Waals surface area contributed by atoms with Gasteiger partial charge in [-0.05, 0) is 18.2 Å². The van der Waals surface area contributed by atoms with Crippen LogP contribution in [0.4, 0.5) is 0 Å². The summed E-state index contributed by atoms with van der Waals surface area (Å²) in [7, 11) is 0. The summed E-state index contributed by atoms with van der Waals surface area (Å²) in [6, 6.07) is 5.36. The number of rotatable bonds is 2. The second-order valence-electron chi connectivity index (χ2n) is 3.02. The predicted molar refractivity (Wildman–Crippen MR) is 63.6 cm³/mol. The van der Waals surface area contributed by atoms with E-state index in [1.165, 1.54) is 0 Å². The summed E-state index contributed by atoms with van der Waals surface area (Å²) in [6.07, 6.45) is 1.70. The van der Waals surface area contributed by atoms with Gasteiger partial charge < -0.3 is 4.98 Å². The van der Waals surface area contributed by atoms with Crippen molar-refractivity contribution in [2.24, 2.45) is 0 Å². The standard InChI is InChI=1S/C10H7Cl3N2/c11-4-7-5-14-10(15-7)6-1-2-8(12)9(13)3-6/h1-3,5H,4H2,(H,14,15). The van der Waals surface area contributed by atoms with Crippen LogP contribution in [0.25, 0.3) is 11.4 Å². The lowest BCUT2D eigenvalue weighted by molar-refractivity contribution is 1.22. The summed E-state index contributed by atoms with van der Waals surface area (Å²) in [5.41, 5.74) is 1.76. The molecule has 0 radical (unpaired) electrons. The van der Waals surface area contributed by atoms with E-state index in [-0.39, 0.29) is 0 Å². The molecule has 0 amide bonds. The van der Waals surface area contributed by atoms with E-state index in [0.29, 0.717) is 15.9 Å². The molecular weight excluding hydrogens is 254 g/mol. The van der Waals surface area contributed by atoms with E-state index in [1.54, 1.807) is 18.3 Å². The molecule has 0 unspecified atom stereocenters. The van der Waals surface area contributed by atoms with Gasteiger partial charge in [0.05, 0.1) is 15.9 Å². The van der Waals surface area contributed by atoms with Crippen LogP contribution >= 0.6 is 34.8 Å². The third kappa shape index (κ3) is 2.28. The molecule has 1 N–H and O–H groups in total. The highest BCUT2D eigenvalue weighted by molar-refractivity contribution is 6.42. The van der Waals surface area contributed by atoms with Gasteiger partial charge in [-0.1, -0.05) is 23.2 Å². The van der Waals surface area contributed by atoms with Crippen LogP contribution in [0.2, 0.25) is 10.0 Å². The number of benzene rings is 1. The first kappa shape index (κ1) is 10.8. The number of H-pyrrole nitrogens is 1. The lowest BCUT2D eigenvalue weighted by atomic mass is 10.2. The monoisotopic (exact) mass is 260 g/mol. The number of hydrogen-bond donors (Lipinski definition) is 1. The van der Waals surface area contributed by atoms with Crippen molar-refractivity contribution in [1.82, 2.24) is 9.97 Å². The molecule has 1 heterocycles. The largest absolute Gasteiger partial charge is 0.341 e. The maximum atomic E-state index is 5.90. The Balaban J connectivity index is 2.40. The third-order valence-electron chi connectivity index (χ3n) is 1.97. The number of aromatic amines is 1. The van der Waals surface area contributed by atoms with E-state index >= 15 is 0 Å². The van der Waals surface area contributed by atoms with Crippen LogP contribution in [0.5, 0.6) is 0 Å². The van der Waals surface area contributed by atoms with Crippen molar-refractivity contribution >= 4 is 34.8 Å². The molecule has 0 bridgehead atoms. The SMILES string of the molecule is ClCc1cnc(-c2ccc(Cl)c(Cl)c2)[nH]1. The van der Waals surface area contributed by atoms with E-state index in [0.717, 1.165) is 17.1 Å². The number of halogens is 3. The highest BCUT2D eigenvalue weighted by Crippen LogP contribution is 2.27. The lowest BCUT2D eigenvalue weighted by Crippen LogP contribution is -1.82. The Morgan fingerprint density at radius 2 is 2.00 bits per heavy atom. The third-order valence-corrected chi connectivity index (χ3v) is 2.99. The molecule has 2 nitrogen and oxygen atoms in total. The molecule has 1 aromatic carbocycles. The molecule has 0 atom stereocenters. The van der Waals surface area contributed by atoms with E-state index in [9.17, 15) is 0 Å². The summed E-state index contributed by atoms with van der Waals surface area (Å²) in [4.78, 5) is 7.27. The minimum absolute atomic E-state index is 0.411.